The molecule has 0 saturated heterocycles. The summed E-state index contributed by atoms with van der Waals surface area (Å²) in [5, 5.41) is 6.89. The molecule has 0 aliphatic heterocycles. The van der Waals surface area contributed by atoms with E-state index in [0.717, 1.165) is 12.0 Å². The molecule has 5 heteroatoms. The van der Waals surface area contributed by atoms with Crippen LogP contribution in [0.25, 0.3) is 11.3 Å². The summed E-state index contributed by atoms with van der Waals surface area (Å²) in [6, 6.07) is 8.09. The minimum absolute atomic E-state index is 0.0800. The SMILES string of the molecule is CCOCCCNC(=O)c1c(C)noc1-c1ccc(C(C)(C)C)cc1. The Hall–Kier alpha value is -2.14. The summed E-state index contributed by atoms with van der Waals surface area (Å²) in [6.07, 6.45) is 0.777. The second-order valence-corrected chi connectivity index (χ2v) is 7.11. The number of hydrogen-bond acceptors (Lipinski definition) is 4. The van der Waals surface area contributed by atoms with Crippen LogP contribution in [0.2, 0.25) is 0 Å². The quantitative estimate of drug-likeness (QED) is 0.768. The lowest BCUT2D eigenvalue weighted by Gasteiger charge is -2.18. The van der Waals surface area contributed by atoms with Crippen LogP contribution >= 0.6 is 0 Å². The number of nitrogens with zero attached hydrogens (tertiary/aromatic N) is 1. The van der Waals surface area contributed by atoms with Gasteiger partial charge in [-0.3, -0.25) is 4.79 Å². The molecule has 0 aliphatic rings. The van der Waals surface area contributed by atoms with Gasteiger partial charge in [-0.05, 0) is 31.2 Å². The summed E-state index contributed by atoms with van der Waals surface area (Å²) < 4.78 is 10.7. The Morgan fingerprint density at radius 2 is 1.92 bits per heavy atom. The highest BCUT2D eigenvalue weighted by molar-refractivity contribution is 6.00. The number of aromatic nitrogens is 1. The molecule has 0 spiro atoms. The first-order valence-corrected chi connectivity index (χ1v) is 8.77. The van der Waals surface area contributed by atoms with Crippen LogP contribution in [0.4, 0.5) is 0 Å². The van der Waals surface area contributed by atoms with Crippen LogP contribution in [-0.2, 0) is 10.2 Å². The van der Waals surface area contributed by atoms with E-state index >= 15 is 0 Å². The molecule has 0 atom stereocenters. The topological polar surface area (TPSA) is 64.4 Å². The van der Waals surface area contributed by atoms with Crippen molar-refractivity contribution in [1.29, 1.82) is 0 Å². The van der Waals surface area contributed by atoms with E-state index in [9.17, 15) is 4.79 Å². The Balaban J connectivity index is 2.14. The van der Waals surface area contributed by atoms with Crippen LogP contribution in [0, 0.1) is 6.92 Å². The fourth-order valence-electron chi connectivity index (χ4n) is 2.56. The average molecular weight is 344 g/mol. The van der Waals surface area contributed by atoms with Crippen molar-refractivity contribution in [2.45, 2.75) is 46.5 Å². The molecular formula is C20H28N2O3. The molecule has 1 amide bonds. The van der Waals surface area contributed by atoms with E-state index in [4.69, 9.17) is 9.26 Å². The molecule has 0 aliphatic carbocycles. The molecule has 0 bridgehead atoms. The number of amides is 1. The predicted molar refractivity (Wildman–Crippen MR) is 98.8 cm³/mol. The minimum atomic E-state index is -0.162. The molecule has 0 fully saturated rings. The third kappa shape index (κ3) is 4.92. The highest BCUT2D eigenvalue weighted by Gasteiger charge is 2.22. The van der Waals surface area contributed by atoms with Crippen molar-refractivity contribution in [1.82, 2.24) is 10.5 Å². The lowest BCUT2D eigenvalue weighted by atomic mass is 9.86. The summed E-state index contributed by atoms with van der Waals surface area (Å²) in [5.41, 5.74) is 3.26. The molecular weight excluding hydrogens is 316 g/mol. The molecule has 0 unspecified atom stereocenters. The largest absolute Gasteiger partial charge is 0.382 e. The first-order chi connectivity index (χ1) is 11.8. The number of nitrogens with one attached hydrogen (secondary N) is 1. The van der Waals surface area contributed by atoms with E-state index in [1.54, 1.807) is 6.92 Å². The Morgan fingerprint density at radius 3 is 2.52 bits per heavy atom. The molecule has 0 saturated carbocycles. The smallest absolute Gasteiger partial charge is 0.257 e. The van der Waals surface area contributed by atoms with E-state index in [0.29, 0.717) is 36.8 Å². The third-order valence-corrected chi connectivity index (χ3v) is 4.06. The second-order valence-electron chi connectivity index (χ2n) is 7.11. The van der Waals surface area contributed by atoms with E-state index in [-0.39, 0.29) is 11.3 Å². The van der Waals surface area contributed by atoms with E-state index in [2.05, 4.69) is 43.4 Å². The summed E-state index contributed by atoms with van der Waals surface area (Å²) in [5.74, 6) is 0.352. The molecule has 1 N–H and O–H groups in total. The fraction of sp³-hybridized carbons (Fsp3) is 0.500. The molecule has 1 heterocycles. The second kappa shape index (κ2) is 8.30. The average Bonchev–Trinajstić information content (AvgIpc) is 2.95. The summed E-state index contributed by atoms with van der Waals surface area (Å²) in [7, 11) is 0. The van der Waals surface area contributed by atoms with Crippen LogP contribution in [0.15, 0.2) is 28.8 Å². The summed E-state index contributed by atoms with van der Waals surface area (Å²) in [6.45, 7) is 12.1. The number of aryl methyl sites for hydroxylation is 1. The van der Waals surface area contributed by atoms with Crippen LogP contribution in [-0.4, -0.2) is 30.8 Å². The maximum Gasteiger partial charge on any atom is 0.257 e. The number of rotatable bonds is 7. The number of carbonyl (C=O) groups excluding carboxylic acids is 1. The zero-order valence-corrected chi connectivity index (χ0v) is 15.8. The van der Waals surface area contributed by atoms with Crippen molar-refractivity contribution in [3.63, 3.8) is 0 Å². The van der Waals surface area contributed by atoms with E-state index in [1.807, 2.05) is 19.1 Å². The Morgan fingerprint density at radius 1 is 1.24 bits per heavy atom. The van der Waals surface area contributed by atoms with Crippen LogP contribution < -0.4 is 5.32 Å². The maximum absolute atomic E-state index is 12.5. The first-order valence-electron chi connectivity index (χ1n) is 8.77. The highest BCUT2D eigenvalue weighted by Crippen LogP contribution is 2.29. The van der Waals surface area contributed by atoms with E-state index in [1.165, 1.54) is 5.56 Å². The van der Waals surface area contributed by atoms with Crippen LogP contribution in [0.1, 0.15) is 55.7 Å². The predicted octanol–water partition coefficient (Wildman–Crippen LogP) is 4.10. The zero-order valence-electron chi connectivity index (χ0n) is 15.8. The molecule has 2 rings (SSSR count). The number of benzene rings is 1. The van der Waals surface area contributed by atoms with Gasteiger partial charge in [0.25, 0.3) is 5.91 Å². The Kier molecular flexibility index (Phi) is 6.37. The van der Waals surface area contributed by atoms with Crippen molar-refractivity contribution in [3.8, 4) is 11.3 Å². The van der Waals surface area contributed by atoms with Gasteiger partial charge in [0.1, 0.15) is 5.56 Å². The molecule has 1 aromatic carbocycles. The number of hydrogen-bond donors (Lipinski definition) is 1. The van der Waals surface area contributed by atoms with Gasteiger partial charge in [0.15, 0.2) is 5.76 Å². The molecule has 2 aromatic rings. The summed E-state index contributed by atoms with van der Waals surface area (Å²) in [4.78, 5) is 12.5. The van der Waals surface area contributed by atoms with Crippen molar-refractivity contribution in [2.75, 3.05) is 19.8 Å². The standard InChI is InChI=1S/C20H28N2O3/c1-6-24-13-7-12-21-19(23)17-14(2)22-25-18(17)15-8-10-16(11-9-15)20(3,4)5/h8-11H,6-7,12-13H2,1-5H3,(H,21,23). The normalized spacial score (nSPS) is 11.6. The first kappa shape index (κ1) is 19.2. The van der Waals surface area contributed by atoms with Gasteiger partial charge in [-0.15, -0.1) is 0 Å². The van der Waals surface area contributed by atoms with Crippen molar-refractivity contribution < 1.29 is 14.1 Å². The van der Waals surface area contributed by atoms with Gasteiger partial charge in [0.05, 0.1) is 5.69 Å². The zero-order chi connectivity index (χ0) is 18.4. The van der Waals surface area contributed by atoms with Gasteiger partial charge in [-0.25, -0.2) is 0 Å². The Labute approximate surface area is 149 Å². The molecule has 5 nitrogen and oxygen atoms in total. The number of carbonyl (C=O) groups is 1. The maximum atomic E-state index is 12.5. The van der Waals surface area contributed by atoms with Gasteiger partial charge < -0.3 is 14.6 Å². The van der Waals surface area contributed by atoms with Gasteiger partial charge in [-0.1, -0.05) is 50.2 Å². The highest BCUT2D eigenvalue weighted by atomic mass is 16.5. The summed E-state index contributed by atoms with van der Waals surface area (Å²) >= 11 is 0. The van der Waals surface area contributed by atoms with Crippen molar-refractivity contribution in [3.05, 3.63) is 41.1 Å². The Bertz CT molecular complexity index is 697. The molecule has 136 valence electrons. The third-order valence-electron chi connectivity index (χ3n) is 4.06. The molecule has 0 radical (unpaired) electrons. The fourth-order valence-corrected chi connectivity index (χ4v) is 2.56. The van der Waals surface area contributed by atoms with Gasteiger partial charge in [0.2, 0.25) is 0 Å². The van der Waals surface area contributed by atoms with Gasteiger partial charge in [-0.2, -0.15) is 0 Å². The van der Waals surface area contributed by atoms with Gasteiger partial charge >= 0.3 is 0 Å². The minimum Gasteiger partial charge on any atom is -0.382 e. The molecule has 25 heavy (non-hydrogen) atoms. The van der Waals surface area contributed by atoms with E-state index < -0.39 is 0 Å². The lowest BCUT2D eigenvalue weighted by Crippen LogP contribution is -2.26. The van der Waals surface area contributed by atoms with Crippen LogP contribution in [0.3, 0.4) is 0 Å². The monoisotopic (exact) mass is 344 g/mol. The van der Waals surface area contributed by atoms with Crippen molar-refractivity contribution in [2.24, 2.45) is 0 Å². The van der Waals surface area contributed by atoms with Crippen LogP contribution in [0.5, 0.6) is 0 Å². The van der Waals surface area contributed by atoms with Gasteiger partial charge in [0, 0.05) is 25.3 Å². The molecule has 1 aromatic heterocycles. The number of ether oxygens (including phenoxy) is 1. The van der Waals surface area contributed by atoms with Crippen molar-refractivity contribution >= 4 is 5.91 Å². The lowest BCUT2D eigenvalue weighted by molar-refractivity contribution is 0.0944.